The van der Waals surface area contributed by atoms with Crippen LogP contribution in [0.25, 0.3) is 10.9 Å². The van der Waals surface area contributed by atoms with Crippen LogP contribution >= 0.6 is 0 Å². The summed E-state index contributed by atoms with van der Waals surface area (Å²) in [6, 6.07) is 17.4. The number of ketones is 1. The van der Waals surface area contributed by atoms with Gasteiger partial charge in [-0.15, -0.1) is 0 Å². The smallest absolute Gasteiger partial charge is 0.144 e. The number of para-hydroxylation sites is 1. The number of hydrogen-bond acceptors (Lipinski definition) is 3. The highest BCUT2D eigenvalue weighted by Gasteiger charge is 2.07. The number of nitrogens with zero attached hydrogens (tertiary/aromatic N) is 2. The number of rotatable bonds is 4. The average molecular weight is 262 g/mol. The van der Waals surface area contributed by atoms with Crippen molar-refractivity contribution in [1.82, 2.24) is 9.97 Å². The van der Waals surface area contributed by atoms with Crippen LogP contribution in [0.5, 0.6) is 0 Å². The third kappa shape index (κ3) is 2.88. The third-order valence-corrected chi connectivity index (χ3v) is 3.14. The number of pyridine rings is 2. The van der Waals surface area contributed by atoms with Gasteiger partial charge in [-0.25, -0.2) is 0 Å². The van der Waals surface area contributed by atoms with Gasteiger partial charge in [0.1, 0.15) is 5.78 Å². The summed E-state index contributed by atoms with van der Waals surface area (Å²) in [7, 11) is 0. The van der Waals surface area contributed by atoms with Crippen LogP contribution in [-0.4, -0.2) is 15.8 Å². The lowest BCUT2D eigenvalue weighted by Crippen LogP contribution is -2.08. The van der Waals surface area contributed by atoms with Crippen LogP contribution in [0.1, 0.15) is 11.4 Å². The number of benzene rings is 1. The van der Waals surface area contributed by atoms with Crippen LogP contribution in [-0.2, 0) is 17.6 Å². The first-order chi connectivity index (χ1) is 9.81. The molecule has 0 aliphatic heterocycles. The largest absolute Gasteiger partial charge is 0.299 e. The summed E-state index contributed by atoms with van der Waals surface area (Å²) in [4.78, 5) is 20.7. The Bertz CT molecular complexity index is 738. The molecule has 0 atom stereocenters. The van der Waals surface area contributed by atoms with Crippen molar-refractivity contribution < 1.29 is 4.79 Å². The van der Waals surface area contributed by atoms with Gasteiger partial charge in [-0.3, -0.25) is 14.8 Å². The van der Waals surface area contributed by atoms with Crippen molar-refractivity contribution in [3.8, 4) is 0 Å². The number of carbonyl (C=O) groups is 1. The molecule has 0 aliphatic rings. The van der Waals surface area contributed by atoms with E-state index in [1.165, 1.54) is 0 Å². The van der Waals surface area contributed by atoms with Crippen LogP contribution in [0, 0.1) is 0 Å². The summed E-state index contributed by atoms with van der Waals surface area (Å²) in [5.74, 6) is 0.131. The number of aromatic nitrogens is 2. The predicted octanol–water partition coefficient (Wildman–Crippen LogP) is 2.98. The maximum absolute atomic E-state index is 12.0. The van der Waals surface area contributed by atoms with E-state index in [9.17, 15) is 4.79 Å². The van der Waals surface area contributed by atoms with Crippen LogP contribution in [0.4, 0.5) is 0 Å². The second-order valence-electron chi connectivity index (χ2n) is 4.71. The van der Waals surface area contributed by atoms with E-state index in [0.717, 1.165) is 22.3 Å². The van der Waals surface area contributed by atoms with Crippen LogP contribution in [0.2, 0.25) is 0 Å². The van der Waals surface area contributed by atoms with Crippen molar-refractivity contribution in [2.45, 2.75) is 12.8 Å². The van der Waals surface area contributed by atoms with E-state index >= 15 is 0 Å². The van der Waals surface area contributed by atoms with Gasteiger partial charge in [0.15, 0.2) is 0 Å². The second-order valence-corrected chi connectivity index (χ2v) is 4.71. The number of fused-ring (bicyclic) bond motifs is 1. The molecule has 0 N–H and O–H groups in total. The molecule has 0 bridgehead atoms. The Labute approximate surface area is 117 Å². The highest BCUT2D eigenvalue weighted by molar-refractivity contribution is 5.84. The number of carbonyl (C=O) groups excluding carboxylic acids is 1. The summed E-state index contributed by atoms with van der Waals surface area (Å²) in [6.07, 6.45) is 2.41. The Morgan fingerprint density at radius 1 is 0.850 bits per heavy atom. The van der Waals surface area contributed by atoms with Gasteiger partial charge in [0.25, 0.3) is 0 Å². The molecule has 0 aliphatic carbocycles. The zero-order valence-electron chi connectivity index (χ0n) is 11.0. The van der Waals surface area contributed by atoms with Gasteiger partial charge >= 0.3 is 0 Å². The summed E-state index contributed by atoms with van der Waals surface area (Å²) >= 11 is 0. The monoisotopic (exact) mass is 262 g/mol. The Hall–Kier alpha value is -2.55. The molecule has 98 valence electrons. The summed E-state index contributed by atoms with van der Waals surface area (Å²) in [5.41, 5.74) is 2.54. The Kier molecular flexibility index (Phi) is 3.50. The van der Waals surface area contributed by atoms with E-state index in [-0.39, 0.29) is 5.78 Å². The first-order valence-corrected chi connectivity index (χ1v) is 6.57. The molecule has 2 heterocycles. The van der Waals surface area contributed by atoms with Crippen molar-refractivity contribution in [2.75, 3.05) is 0 Å². The molecule has 0 fully saturated rings. The summed E-state index contributed by atoms with van der Waals surface area (Å²) in [6.45, 7) is 0. The first-order valence-electron chi connectivity index (χ1n) is 6.57. The fourth-order valence-electron chi connectivity index (χ4n) is 2.18. The molecule has 3 rings (SSSR count). The second kappa shape index (κ2) is 5.61. The number of hydrogen-bond donors (Lipinski definition) is 0. The number of Topliss-reactive ketones (excluding diaryl/α,β-unsaturated/α-hetero) is 1. The highest BCUT2D eigenvalue weighted by Crippen LogP contribution is 2.12. The van der Waals surface area contributed by atoms with Gasteiger partial charge in [-0.05, 0) is 24.3 Å². The molecule has 0 amide bonds. The molecular weight excluding hydrogens is 248 g/mol. The normalized spacial score (nSPS) is 10.6. The molecule has 0 unspecified atom stereocenters. The zero-order chi connectivity index (χ0) is 13.8. The standard InChI is InChI=1S/C17H14N2O/c20-16(11-14-6-3-4-10-18-14)12-15-9-8-13-5-1-2-7-17(13)19-15/h1-10H,11-12H2. The fourth-order valence-corrected chi connectivity index (χ4v) is 2.18. The predicted molar refractivity (Wildman–Crippen MR) is 78.4 cm³/mol. The van der Waals surface area contributed by atoms with Crippen LogP contribution in [0.15, 0.2) is 60.8 Å². The van der Waals surface area contributed by atoms with Gasteiger partial charge in [0.05, 0.1) is 5.52 Å². The molecule has 0 saturated heterocycles. The van der Waals surface area contributed by atoms with Crippen molar-refractivity contribution >= 4 is 16.7 Å². The van der Waals surface area contributed by atoms with E-state index < -0.39 is 0 Å². The van der Waals surface area contributed by atoms with E-state index in [4.69, 9.17) is 0 Å². The SMILES string of the molecule is O=C(Cc1ccccn1)Cc1ccc2ccccc2n1. The molecule has 3 nitrogen and oxygen atoms in total. The lowest BCUT2D eigenvalue weighted by atomic mass is 10.1. The van der Waals surface area contributed by atoms with Gasteiger partial charge in [0.2, 0.25) is 0 Å². The fraction of sp³-hybridized carbons (Fsp3) is 0.118. The minimum absolute atomic E-state index is 0.131. The zero-order valence-corrected chi connectivity index (χ0v) is 11.0. The van der Waals surface area contributed by atoms with Crippen molar-refractivity contribution in [3.63, 3.8) is 0 Å². The van der Waals surface area contributed by atoms with E-state index in [0.29, 0.717) is 12.8 Å². The minimum atomic E-state index is 0.131. The molecule has 0 radical (unpaired) electrons. The Balaban J connectivity index is 1.74. The van der Waals surface area contributed by atoms with E-state index in [1.807, 2.05) is 54.6 Å². The lowest BCUT2D eigenvalue weighted by molar-refractivity contribution is -0.117. The molecule has 0 spiro atoms. The van der Waals surface area contributed by atoms with Crippen molar-refractivity contribution in [3.05, 3.63) is 72.2 Å². The van der Waals surface area contributed by atoms with Gasteiger partial charge in [-0.2, -0.15) is 0 Å². The maximum Gasteiger partial charge on any atom is 0.144 e. The molecule has 3 heteroatoms. The molecule has 3 aromatic rings. The van der Waals surface area contributed by atoms with Crippen molar-refractivity contribution in [2.24, 2.45) is 0 Å². The Morgan fingerprint density at radius 3 is 2.50 bits per heavy atom. The first kappa shape index (κ1) is 12.5. The molecule has 2 aromatic heterocycles. The quantitative estimate of drug-likeness (QED) is 0.726. The summed E-state index contributed by atoms with van der Waals surface area (Å²) < 4.78 is 0. The van der Waals surface area contributed by atoms with Gasteiger partial charge < -0.3 is 0 Å². The maximum atomic E-state index is 12.0. The average Bonchev–Trinajstić information content (AvgIpc) is 2.48. The van der Waals surface area contributed by atoms with Gasteiger partial charge in [0, 0.05) is 35.8 Å². The highest BCUT2D eigenvalue weighted by atomic mass is 16.1. The Morgan fingerprint density at radius 2 is 1.65 bits per heavy atom. The van der Waals surface area contributed by atoms with Gasteiger partial charge in [-0.1, -0.05) is 30.3 Å². The van der Waals surface area contributed by atoms with Crippen LogP contribution < -0.4 is 0 Å². The molecular formula is C17H14N2O. The minimum Gasteiger partial charge on any atom is -0.299 e. The van der Waals surface area contributed by atoms with Crippen LogP contribution in [0.3, 0.4) is 0 Å². The topological polar surface area (TPSA) is 42.9 Å². The summed E-state index contributed by atoms with van der Waals surface area (Å²) in [5, 5.41) is 1.09. The van der Waals surface area contributed by atoms with E-state index in [2.05, 4.69) is 9.97 Å². The molecule has 20 heavy (non-hydrogen) atoms. The van der Waals surface area contributed by atoms with E-state index in [1.54, 1.807) is 6.20 Å². The van der Waals surface area contributed by atoms with Crippen molar-refractivity contribution in [1.29, 1.82) is 0 Å². The lowest BCUT2D eigenvalue weighted by Gasteiger charge is -2.03. The molecule has 1 aromatic carbocycles. The third-order valence-electron chi connectivity index (χ3n) is 3.14. The molecule has 0 saturated carbocycles.